The maximum Gasteiger partial charge on any atom is 0.264 e. The number of rotatable bonds is 5. The number of carbonyl (C=O) groups is 1. The summed E-state index contributed by atoms with van der Waals surface area (Å²) in [6, 6.07) is 11.5. The van der Waals surface area contributed by atoms with E-state index in [1.54, 1.807) is 47.3 Å². The summed E-state index contributed by atoms with van der Waals surface area (Å²) in [4.78, 5) is 29.8. The Kier molecular flexibility index (Phi) is 5.05. The number of amides is 1. The summed E-state index contributed by atoms with van der Waals surface area (Å²) in [5.41, 5.74) is 0.676. The number of fused-ring (bicyclic) bond motifs is 2. The van der Waals surface area contributed by atoms with E-state index < -0.39 is 5.82 Å². The lowest BCUT2D eigenvalue weighted by atomic mass is 9.98. The highest BCUT2D eigenvalue weighted by molar-refractivity contribution is 6.30. The summed E-state index contributed by atoms with van der Waals surface area (Å²) in [5, 5.41) is 3.84. The van der Waals surface area contributed by atoms with Crippen molar-refractivity contribution in [2.45, 2.75) is 38.3 Å². The minimum absolute atomic E-state index is 0.0275. The fourth-order valence-corrected chi connectivity index (χ4v) is 5.53. The molecule has 1 heterocycles. The molecule has 5 nitrogen and oxygen atoms in total. The predicted octanol–water partition coefficient (Wildman–Crippen LogP) is 4.59. The minimum Gasteiger partial charge on any atom is -0.349 e. The SMILES string of the molecule is CCC(NC(=O)c1ccc(Cl)cc1)C1C2CC(n3cnc4cccc(F)c4c3=O)CC21. The minimum atomic E-state index is -0.527. The molecule has 3 aromatic rings. The fraction of sp³-hybridized carbons (Fsp3) is 0.375. The second kappa shape index (κ2) is 7.75. The first-order chi connectivity index (χ1) is 15.0. The Labute approximate surface area is 184 Å². The van der Waals surface area contributed by atoms with Crippen molar-refractivity contribution in [2.24, 2.45) is 17.8 Å². The van der Waals surface area contributed by atoms with E-state index in [1.165, 1.54) is 6.07 Å². The third-order valence-corrected chi connectivity index (χ3v) is 7.22. The van der Waals surface area contributed by atoms with Gasteiger partial charge in [0.25, 0.3) is 11.5 Å². The standard InChI is InChI=1S/C24H23ClFN3O2/c1-2-19(28-23(30)13-6-8-14(25)9-7-13)21-16-10-15(11-17(16)21)29-12-27-20-5-3-4-18(26)22(20)24(29)31/h3-9,12,15-17,19,21H,2,10-11H2,1H3,(H,28,30). The van der Waals surface area contributed by atoms with Crippen LogP contribution in [0.4, 0.5) is 4.39 Å². The van der Waals surface area contributed by atoms with E-state index in [1.807, 2.05) is 0 Å². The average Bonchev–Trinajstić information content (AvgIpc) is 3.24. The Morgan fingerprint density at radius 3 is 2.61 bits per heavy atom. The first kappa shape index (κ1) is 20.2. The normalized spacial score (nSPS) is 25.3. The van der Waals surface area contributed by atoms with Gasteiger partial charge in [0, 0.05) is 22.7 Å². The summed E-state index contributed by atoms with van der Waals surface area (Å²) in [6.45, 7) is 2.08. The number of carbonyl (C=O) groups excluding carboxylic acids is 1. The first-order valence-electron chi connectivity index (χ1n) is 10.7. The van der Waals surface area contributed by atoms with E-state index >= 15 is 0 Å². The molecule has 7 heteroatoms. The van der Waals surface area contributed by atoms with Crippen LogP contribution in [-0.4, -0.2) is 21.5 Å². The van der Waals surface area contributed by atoms with Crippen molar-refractivity contribution in [3.8, 4) is 0 Å². The molecule has 31 heavy (non-hydrogen) atoms. The molecule has 3 atom stereocenters. The number of hydrogen-bond donors (Lipinski definition) is 1. The fourth-order valence-electron chi connectivity index (χ4n) is 5.41. The number of aromatic nitrogens is 2. The van der Waals surface area contributed by atoms with E-state index in [0.717, 1.165) is 19.3 Å². The molecule has 0 radical (unpaired) electrons. The van der Waals surface area contributed by atoms with Gasteiger partial charge in [0.05, 0.1) is 11.8 Å². The number of benzene rings is 2. The average molecular weight is 440 g/mol. The van der Waals surface area contributed by atoms with E-state index in [2.05, 4.69) is 17.2 Å². The molecule has 0 bridgehead atoms. The van der Waals surface area contributed by atoms with Crippen LogP contribution in [0.3, 0.4) is 0 Å². The van der Waals surface area contributed by atoms with Crippen LogP contribution in [0.25, 0.3) is 10.9 Å². The summed E-state index contributed by atoms with van der Waals surface area (Å²) in [5.74, 6) is 0.725. The van der Waals surface area contributed by atoms with Gasteiger partial charge in [0.15, 0.2) is 0 Å². The summed E-state index contributed by atoms with van der Waals surface area (Å²) in [7, 11) is 0. The quantitative estimate of drug-likeness (QED) is 0.632. The van der Waals surface area contributed by atoms with Crippen molar-refractivity contribution in [1.29, 1.82) is 0 Å². The molecule has 1 N–H and O–H groups in total. The number of nitrogens with zero attached hydrogens (tertiary/aromatic N) is 2. The molecule has 2 fully saturated rings. The molecule has 5 rings (SSSR count). The van der Waals surface area contributed by atoms with Gasteiger partial charge in [-0.25, -0.2) is 9.37 Å². The molecule has 0 aliphatic heterocycles. The van der Waals surface area contributed by atoms with E-state index in [9.17, 15) is 14.0 Å². The van der Waals surface area contributed by atoms with Gasteiger partial charge in [-0.05, 0) is 73.4 Å². The molecule has 1 amide bonds. The summed E-state index contributed by atoms with van der Waals surface area (Å²) in [6.07, 6.45) is 4.10. The smallest absolute Gasteiger partial charge is 0.264 e. The van der Waals surface area contributed by atoms with Crippen molar-refractivity contribution in [2.75, 3.05) is 0 Å². The van der Waals surface area contributed by atoms with Gasteiger partial charge in [-0.3, -0.25) is 14.2 Å². The lowest BCUT2D eigenvalue weighted by Gasteiger charge is -2.22. The third kappa shape index (κ3) is 3.53. The van der Waals surface area contributed by atoms with Gasteiger partial charge in [-0.1, -0.05) is 24.6 Å². The van der Waals surface area contributed by atoms with Gasteiger partial charge in [-0.2, -0.15) is 0 Å². The number of nitrogens with one attached hydrogen (secondary N) is 1. The van der Waals surface area contributed by atoms with Gasteiger partial charge < -0.3 is 5.32 Å². The van der Waals surface area contributed by atoms with E-state index in [0.29, 0.717) is 33.9 Å². The van der Waals surface area contributed by atoms with Gasteiger partial charge >= 0.3 is 0 Å². The summed E-state index contributed by atoms with van der Waals surface area (Å²) < 4.78 is 15.8. The topological polar surface area (TPSA) is 64.0 Å². The first-order valence-corrected chi connectivity index (χ1v) is 11.1. The van der Waals surface area contributed by atoms with Crippen LogP contribution in [0.15, 0.2) is 53.6 Å². The molecule has 0 saturated heterocycles. The highest BCUT2D eigenvalue weighted by Crippen LogP contribution is 2.62. The second-order valence-corrected chi connectivity index (χ2v) is 9.05. The lowest BCUT2D eigenvalue weighted by Crippen LogP contribution is -2.37. The Morgan fingerprint density at radius 1 is 1.23 bits per heavy atom. The van der Waals surface area contributed by atoms with Gasteiger partial charge in [-0.15, -0.1) is 0 Å². The van der Waals surface area contributed by atoms with Crippen LogP contribution in [-0.2, 0) is 0 Å². The predicted molar refractivity (Wildman–Crippen MR) is 118 cm³/mol. The number of hydrogen-bond acceptors (Lipinski definition) is 3. The maximum atomic E-state index is 14.2. The Morgan fingerprint density at radius 2 is 1.94 bits per heavy atom. The molecule has 2 aliphatic carbocycles. The zero-order valence-electron chi connectivity index (χ0n) is 17.1. The zero-order chi connectivity index (χ0) is 21.7. The number of halogens is 2. The molecule has 1 aromatic heterocycles. The van der Waals surface area contributed by atoms with Crippen molar-refractivity contribution < 1.29 is 9.18 Å². The lowest BCUT2D eigenvalue weighted by molar-refractivity contribution is 0.0927. The van der Waals surface area contributed by atoms with E-state index in [-0.39, 0.29) is 28.9 Å². The van der Waals surface area contributed by atoms with Crippen LogP contribution < -0.4 is 10.9 Å². The van der Waals surface area contributed by atoms with Crippen molar-refractivity contribution >= 4 is 28.4 Å². The van der Waals surface area contributed by atoms with Crippen LogP contribution in [0.1, 0.15) is 42.6 Å². The summed E-state index contributed by atoms with van der Waals surface area (Å²) >= 11 is 5.91. The van der Waals surface area contributed by atoms with E-state index in [4.69, 9.17) is 11.6 Å². The molecule has 2 aliphatic rings. The molecule has 3 unspecified atom stereocenters. The van der Waals surface area contributed by atoms with Crippen LogP contribution in [0.5, 0.6) is 0 Å². The molecule has 160 valence electrons. The maximum absolute atomic E-state index is 14.2. The molecule has 2 saturated carbocycles. The molecular formula is C24H23ClFN3O2. The van der Waals surface area contributed by atoms with Crippen molar-refractivity contribution in [3.05, 3.63) is 75.5 Å². The Hall–Kier alpha value is -2.73. The van der Waals surface area contributed by atoms with Crippen LogP contribution >= 0.6 is 11.6 Å². The third-order valence-electron chi connectivity index (χ3n) is 6.97. The highest BCUT2D eigenvalue weighted by Gasteiger charge is 2.59. The van der Waals surface area contributed by atoms with Crippen LogP contribution in [0.2, 0.25) is 5.02 Å². The van der Waals surface area contributed by atoms with Crippen molar-refractivity contribution in [1.82, 2.24) is 14.9 Å². The van der Waals surface area contributed by atoms with Crippen molar-refractivity contribution in [3.63, 3.8) is 0 Å². The molecule has 0 spiro atoms. The zero-order valence-corrected chi connectivity index (χ0v) is 17.8. The van der Waals surface area contributed by atoms with Crippen LogP contribution in [0, 0.1) is 23.6 Å². The molecular weight excluding hydrogens is 417 g/mol. The Bertz CT molecular complexity index is 1200. The monoisotopic (exact) mass is 439 g/mol. The Balaban J connectivity index is 1.28. The van der Waals surface area contributed by atoms with Gasteiger partial charge in [0.1, 0.15) is 11.2 Å². The molecule has 2 aromatic carbocycles. The highest BCUT2D eigenvalue weighted by atomic mass is 35.5. The second-order valence-electron chi connectivity index (χ2n) is 8.62. The largest absolute Gasteiger partial charge is 0.349 e. The van der Waals surface area contributed by atoms with Gasteiger partial charge in [0.2, 0.25) is 0 Å².